The molecule has 0 unspecified atom stereocenters. The summed E-state index contributed by atoms with van der Waals surface area (Å²) in [6.07, 6.45) is 1.23. The SMILES string of the molecule is COc1ccc(C(=O)N/N=C/c2cc(Br)ccc2F)cc1OC. The van der Waals surface area contributed by atoms with Gasteiger partial charge in [-0.15, -0.1) is 0 Å². The van der Waals surface area contributed by atoms with Gasteiger partial charge in [-0.25, -0.2) is 9.82 Å². The van der Waals surface area contributed by atoms with Crippen LogP contribution >= 0.6 is 15.9 Å². The number of nitrogens with zero attached hydrogens (tertiary/aromatic N) is 1. The van der Waals surface area contributed by atoms with E-state index in [-0.39, 0.29) is 5.56 Å². The van der Waals surface area contributed by atoms with E-state index in [0.717, 1.165) is 0 Å². The van der Waals surface area contributed by atoms with E-state index in [1.165, 1.54) is 32.6 Å². The summed E-state index contributed by atoms with van der Waals surface area (Å²) < 4.78 is 24.5. The highest BCUT2D eigenvalue weighted by molar-refractivity contribution is 9.10. The highest BCUT2D eigenvalue weighted by atomic mass is 79.9. The van der Waals surface area contributed by atoms with E-state index < -0.39 is 11.7 Å². The van der Waals surface area contributed by atoms with Crippen molar-refractivity contribution in [2.24, 2.45) is 5.10 Å². The van der Waals surface area contributed by atoms with Gasteiger partial charge in [-0.3, -0.25) is 4.79 Å². The van der Waals surface area contributed by atoms with Crippen LogP contribution in [0.25, 0.3) is 0 Å². The molecule has 0 aliphatic heterocycles. The summed E-state index contributed by atoms with van der Waals surface area (Å²) in [5.74, 6) is 0.0702. The number of hydrogen-bond acceptors (Lipinski definition) is 4. The molecule has 0 fully saturated rings. The number of benzene rings is 2. The van der Waals surface area contributed by atoms with Crippen molar-refractivity contribution in [2.45, 2.75) is 0 Å². The quantitative estimate of drug-likeness (QED) is 0.638. The first-order valence-corrected chi connectivity index (χ1v) is 7.35. The number of hydrogen-bond donors (Lipinski definition) is 1. The first kappa shape index (κ1) is 17.0. The lowest BCUT2D eigenvalue weighted by Crippen LogP contribution is -2.17. The van der Waals surface area contributed by atoms with E-state index in [0.29, 0.717) is 21.5 Å². The highest BCUT2D eigenvalue weighted by Gasteiger charge is 2.10. The Morgan fingerprint density at radius 1 is 1.17 bits per heavy atom. The van der Waals surface area contributed by atoms with Crippen molar-refractivity contribution in [1.29, 1.82) is 0 Å². The predicted molar refractivity (Wildman–Crippen MR) is 88.7 cm³/mol. The molecule has 0 saturated heterocycles. The fourth-order valence-corrected chi connectivity index (χ4v) is 2.19. The van der Waals surface area contributed by atoms with Crippen LogP contribution in [0.3, 0.4) is 0 Å². The number of carbonyl (C=O) groups excluding carboxylic acids is 1. The summed E-state index contributed by atoms with van der Waals surface area (Å²) in [4.78, 5) is 12.0. The number of amides is 1. The van der Waals surface area contributed by atoms with Crippen molar-refractivity contribution < 1.29 is 18.7 Å². The standard InChI is InChI=1S/C16H14BrFN2O3/c1-22-14-6-3-10(8-15(14)23-2)16(21)20-19-9-11-7-12(17)4-5-13(11)18/h3-9H,1-2H3,(H,20,21)/b19-9+. The maximum absolute atomic E-state index is 13.5. The van der Waals surface area contributed by atoms with Crippen molar-refractivity contribution in [2.75, 3.05) is 14.2 Å². The van der Waals surface area contributed by atoms with E-state index in [9.17, 15) is 9.18 Å². The van der Waals surface area contributed by atoms with Crippen LogP contribution in [0.1, 0.15) is 15.9 Å². The molecule has 0 heterocycles. The van der Waals surface area contributed by atoms with Gasteiger partial charge in [-0.2, -0.15) is 5.10 Å². The summed E-state index contributed by atoms with van der Waals surface area (Å²) in [5.41, 5.74) is 2.93. The fraction of sp³-hybridized carbons (Fsp3) is 0.125. The molecule has 0 radical (unpaired) electrons. The molecule has 5 nitrogen and oxygen atoms in total. The highest BCUT2D eigenvalue weighted by Crippen LogP contribution is 2.27. The maximum atomic E-state index is 13.5. The normalized spacial score (nSPS) is 10.6. The summed E-state index contributed by atoms with van der Waals surface area (Å²) in [6, 6.07) is 9.17. The van der Waals surface area contributed by atoms with Crippen LogP contribution < -0.4 is 14.9 Å². The van der Waals surface area contributed by atoms with Crippen LogP contribution in [0.5, 0.6) is 11.5 Å². The molecule has 2 aromatic rings. The molecule has 0 saturated carbocycles. The van der Waals surface area contributed by atoms with Gasteiger partial charge < -0.3 is 9.47 Å². The zero-order chi connectivity index (χ0) is 16.8. The number of rotatable bonds is 5. The fourth-order valence-electron chi connectivity index (χ4n) is 1.82. The summed E-state index contributed by atoms with van der Waals surface area (Å²) in [6.45, 7) is 0. The summed E-state index contributed by atoms with van der Waals surface area (Å²) >= 11 is 3.24. The monoisotopic (exact) mass is 380 g/mol. The number of hydrazone groups is 1. The van der Waals surface area contributed by atoms with Gasteiger partial charge in [0.05, 0.1) is 20.4 Å². The van der Waals surface area contributed by atoms with Crippen molar-refractivity contribution in [3.63, 3.8) is 0 Å². The van der Waals surface area contributed by atoms with Gasteiger partial charge in [-0.1, -0.05) is 15.9 Å². The Morgan fingerprint density at radius 3 is 2.61 bits per heavy atom. The lowest BCUT2D eigenvalue weighted by molar-refractivity contribution is 0.0954. The summed E-state index contributed by atoms with van der Waals surface area (Å²) in [7, 11) is 2.99. The Bertz CT molecular complexity index is 750. The first-order valence-electron chi connectivity index (χ1n) is 6.55. The lowest BCUT2D eigenvalue weighted by atomic mass is 10.2. The van der Waals surface area contributed by atoms with E-state index >= 15 is 0 Å². The molecule has 7 heteroatoms. The minimum atomic E-state index is -0.447. The molecule has 0 aromatic heterocycles. The molecule has 0 atom stereocenters. The van der Waals surface area contributed by atoms with Crippen LogP contribution in [0.2, 0.25) is 0 Å². The van der Waals surface area contributed by atoms with Crippen molar-refractivity contribution in [1.82, 2.24) is 5.43 Å². The smallest absolute Gasteiger partial charge is 0.271 e. The first-order chi connectivity index (χ1) is 11.0. The average Bonchev–Trinajstić information content (AvgIpc) is 2.57. The molecule has 23 heavy (non-hydrogen) atoms. The number of methoxy groups -OCH3 is 2. The van der Waals surface area contributed by atoms with Gasteiger partial charge in [0.2, 0.25) is 0 Å². The minimum Gasteiger partial charge on any atom is -0.493 e. The van der Waals surface area contributed by atoms with Gasteiger partial charge in [-0.05, 0) is 36.4 Å². The molecule has 0 bridgehead atoms. The number of nitrogens with one attached hydrogen (secondary N) is 1. The molecule has 2 rings (SSSR count). The Balaban J connectivity index is 2.10. The molecule has 0 aliphatic carbocycles. The van der Waals surface area contributed by atoms with E-state index in [4.69, 9.17) is 9.47 Å². The molecule has 2 aromatic carbocycles. The molecule has 1 amide bonds. The van der Waals surface area contributed by atoms with Crippen LogP contribution in [-0.4, -0.2) is 26.3 Å². The van der Waals surface area contributed by atoms with Gasteiger partial charge >= 0.3 is 0 Å². The summed E-state index contributed by atoms with van der Waals surface area (Å²) in [5, 5.41) is 3.76. The minimum absolute atomic E-state index is 0.256. The van der Waals surface area contributed by atoms with Crippen LogP contribution in [0.15, 0.2) is 46.0 Å². The zero-order valence-corrected chi connectivity index (χ0v) is 14.1. The van der Waals surface area contributed by atoms with Crippen molar-refractivity contribution in [3.8, 4) is 11.5 Å². The van der Waals surface area contributed by atoms with Crippen LogP contribution in [-0.2, 0) is 0 Å². The Morgan fingerprint density at radius 2 is 1.91 bits per heavy atom. The average molecular weight is 381 g/mol. The third-order valence-corrected chi connectivity index (χ3v) is 3.47. The number of ether oxygens (including phenoxy) is 2. The second kappa shape index (κ2) is 7.73. The topological polar surface area (TPSA) is 59.9 Å². The number of halogens is 2. The van der Waals surface area contributed by atoms with Gasteiger partial charge in [0.25, 0.3) is 5.91 Å². The van der Waals surface area contributed by atoms with Gasteiger partial charge in [0, 0.05) is 15.6 Å². The largest absolute Gasteiger partial charge is 0.493 e. The van der Waals surface area contributed by atoms with Gasteiger partial charge in [0.15, 0.2) is 11.5 Å². The zero-order valence-electron chi connectivity index (χ0n) is 12.5. The lowest BCUT2D eigenvalue weighted by Gasteiger charge is -2.08. The van der Waals surface area contributed by atoms with Gasteiger partial charge in [0.1, 0.15) is 5.82 Å². The molecule has 120 valence electrons. The third-order valence-electron chi connectivity index (χ3n) is 2.97. The second-order valence-corrected chi connectivity index (χ2v) is 5.35. The molecule has 0 aliphatic rings. The Kier molecular flexibility index (Phi) is 5.70. The Hall–Kier alpha value is -2.41. The van der Waals surface area contributed by atoms with Crippen molar-refractivity contribution in [3.05, 3.63) is 57.8 Å². The van der Waals surface area contributed by atoms with Crippen molar-refractivity contribution >= 4 is 28.1 Å². The molecular weight excluding hydrogens is 367 g/mol. The second-order valence-electron chi connectivity index (χ2n) is 4.43. The molecule has 1 N–H and O–H groups in total. The van der Waals surface area contributed by atoms with Crippen LogP contribution in [0.4, 0.5) is 4.39 Å². The third kappa shape index (κ3) is 4.29. The van der Waals surface area contributed by atoms with Crippen LogP contribution in [0, 0.1) is 5.82 Å². The molecule has 0 spiro atoms. The van der Waals surface area contributed by atoms with E-state index in [1.807, 2.05) is 0 Å². The predicted octanol–water partition coefficient (Wildman–Crippen LogP) is 3.37. The van der Waals surface area contributed by atoms with E-state index in [2.05, 4.69) is 26.5 Å². The molecular formula is C16H14BrFN2O3. The maximum Gasteiger partial charge on any atom is 0.271 e. The Labute approximate surface area is 141 Å². The number of carbonyl (C=O) groups is 1. The van der Waals surface area contributed by atoms with E-state index in [1.54, 1.807) is 24.3 Å².